The zero-order valence-corrected chi connectivity index (χ0v) is 10.5. The molecule has 1 saturated heterocycles. The molecule has 0 bridgehead atoms. The minimum absolute atomic E-state index is 0.256. The molecule has 0 saturated carbocycles. The number of anilines is 1. The Hall–Kier alpha value is -2.30. The summed E-state index contributed by atoms with van der Waals surface area (Å²) in [5.74, 6) is 0.881. The number of pyridine rings is 1. The Morgan fingerprint density at radius 2 is 1.95 bits per heavy atom. The summed E-state index contributed by atoms with van der Waals surface area (Å²) in [6, 6.07) is 3.85. The van der Waals surface area contributed by atoms with Gasteiger partial charge in [0.1, 0.15) is 0 Å². The highest BCUT2D eigenvalue weighted by Crippen LogP contribution is 2.18. The largest absolute Gasteiger partial charge is 0.333 e. The van der Waals surface area contributed by atoms with Crippen molar-refractivity contribution in [1.29, 1.82) is 0 Å². The van der Waals surface area contributed by atoms with E-state index in [-0.39, 0.29) is 5.78 Å². The van der Waals surface area contributed by atoms with Crippen LogP contribution in [0.1, 0.15) is 12.8 Å². The highest BCUT2D eigenvalue weighted by atomic mass is 16.1. The minimum atomic E-state index is 0.256. The standard InChI is InChI=1S/C14H14N4O/c19-13-4-2-6-18(10-13)14-16-8-12(9-17-14)11-3-1-5-15-7-11/h1,3,5,7-9H,2,4,6,10H2. The van der Waals surface area contributed by atoms with Crippen molar-refractivity contribution < 1.29 is 4.79 Å². The summed E-state index contributed by atoms with van der Waals surface area (Å²) < 4.78 is 0. The molecule has 2 aromatic heterocycles. The number of carbonyl (C=O) groups is 1. The van der Waals surface area contributed by atoms with Gasteiger partial charge in [-0.25, -0.2) is 9.97 Å². The molecule has 0 radical (unpaired) electrons. The second kappa shape index (κ2) is 5.14. The number of hydrogen-bond donors (Lipinski definition) is 0. The fraction of sp³-hybridized carbons (Fsp3) is 0.286. The molecule has 0 spiro atoms. The van der Waals surface area contributed by atoms with Crippen LogP contribution in [-0.2, 0) is 4.79 Å². The van der Waals surface area contributed by atoms with Crippen LogP contribution in [0.25, 0.3) is 11.1 Å². The second-order valence-electron chi connectivity index (χ2n) is 4.58. The van der Waals surface area contributed by atoms with E-state index in [4.69, 9.17) is 0 Å². The lowest BCUT2D eigenvalue weighted by molar-refractivity contribution is -0.118. The summed E-state index contributed by atoms with van der Waals surface area (Å²) in [6.07, 6.45) is 8.62. The van der Waals surface area contributed by atoms with Crippen LogP contribution in [-0.4, -0.2) is 33.8 Å². The van der Waals surface area contributed by atoms with Crippen molar-refractivity contribution in [2.75, 3.05) is 18.0 Å². The Kier molecular flexibility index (Phi) is 3.18. The molecule has 0 atom stereocenters. The maximum Gasteiger partial charge on any atom is 0.225 e. The van der Waals surface area contributed by atoms with Gasteiger partial charge in [0.05, 0.1) is 6.54 Å². The molecule has 3 rings (SSSR count). The third kappa shape index (κ3) is 2.59. The topological polar surface area (TPSA) is 59.0 Å². The number of hydrogen-bond acceptors (Lipinski definition) is 5. The van der Waals surface area contributed by atoms with Gasteiger partial charge < -0.3 is 4.90 Å². The summed E-state index contributed by atoms with van der Waals surface area (Å²) in [5, 5.41) is 0. The number of aromatic nitrogens is 3. The predicted molar refractivity (Wildman–Crippen MR) is 71.7 cm³/mol. The average Bonchev–Trinajstić information content (AvgIpc) is 2.48. The van der Waals surface area contributed by atoms with Crippen LogP contribution in [0.3, 0.4) is 0 Å². The van der Waals surface area contributed by atoms with Gasteiger partial charge in [0, 0.05) is 48.9 Å². The lowest BCUT2D eigenvalue weighted by Crippen LogP contribution is -2.36. The monoisotopic (exact) mass is 254 g/mol. The van der Waals surface area contributed by atoms with E-state index in [2.05, 4.69) is 15.0 Å². The third-order valence-electron chi connectivity index (χ3n) is 3.17. The number of ketones is 1. The van der Waals surface area contributed by atoms with Crippen molar-refractivity contribution in [3.8, 4) is 11.1 Å². The van der Waals surface area contributed by atoms with Gasteiger partial charge in [-0.2, -0.15) is 0 Å². The smallest absolute Gasteiger partial charge is 0.225 e. The van der Waals surface area contributed by atoms with Crippen molar-refractivity contribution >= 4 is 11.7 Å². The van der Waals surface area contributed by atoms with Crippen LogP contribution in [0.5, 0.6) is 0 Å². The summed E-state index contributed by atoms with van der Waals surface area (Å²) in [4.78, 5) is 26.1. The zero-order chi connectivity index (χ0) is 13.1. The van der Waals surface area contributed by atoms with Gasteiger partial charge >= 0.3 is 0 Å². The van der Waals surface area contributed by atoms with Crippen LogP contribution < -0.4 is 4.90 Å². The Bertz CT molecular complexity index is 568. The molecule has 0 N–H and O–H groups in total. The van der Waals surface area contributed by atoms with Gasteiger partial charge in [-0.3, -0.25) is 9.78 Å². The van der Waals surface area contributed by atoms with E-state index in [1.165, 1.54) is 0 Å². The summed E-state index contributed by atoms with van der Waals surface area (Å²) >= 11 is 0. The zero-order valence-electron chi connectivity index (χ0n) is 10.5. The van der Waals surface area contributed by atoms with Crippen LogP contribution in [0.2, 0.25) is 0 Å². The Labute approximate surface area is 111 Å². The first kappa shape index (κ1) is 11.8. The SMILES string of the molecule is O=C1CCCN(c2ncc(-c3cccnc3)cn2)C1. The molecule has 0 aliphatic carbocycles. The maximum atomic E-state index is 11.4. The summed E-state index contributed by atoms with van der Waals surface area (Å²) in [7, 11) is 0. The Balaban J connectivity index is 1.81. The highest BCUT2D eigenvalue weighted by Gasteiger charge is 2.18. The fourth-order valence-corrected chi connectivity index (χ4v) is 2.18. The number of carbonyl (C=O) groups excluding carboxylic acids is 1. The molecule has 0 aromatic carbocycles. The van der Waals surface area contributed by atoms with E-state index in [0.29, 0.717) is 18.9 Å². The van der Waals surface area contributed by atoms with E-state index >= 15 is 0 Å². The molecular weight excluding hydrogens is 240 g/mol. The normalized spacial score (nSPS) is 15.6. The first-order valence-corrected chi connectivity index (χ1v) is 6.32. The molecule has 1 aliphatic rings. The quantitative estimate of drug-likeness (QED) is 0.816. The third-order valence-corrected chi connectivity index (χ3v) is 3.17. The van der Waals surface area contributed by atoms with Crippen LogP contribution >= 0.6 is 0 Å². The Morgan fingerprint density at radius 1 is 1.11 bits per heavy atom. The summed E-state index contributed by atoms with van der Waals surface area (Å²) in [6.45, 7) is 1.27. The van der Waals surface area contributed by atoms with Gasteiger partial charge in [-0.15, -0.1) is 0 Å². The molecule has 0 amide bonds. The number of rotatable bonds is 2. The van der Waals surface area contributed by atoms with E-state index in [1.807, 2.05) is 17.0 Å². The molecule has 5 nitrogen and oxygen atoms in total. The molecule has 3 heterocycles. The molecule has 5 heteroatoms. The number of Topliss-reactive ketones (excluding diaryl/α,β-unsaturated/α-hetero) is 1. The summed E-state index contributed by atoms with van der Waals surface area (Å²) in [5.41, 5.74) is 1.92. The number of nitrogens with zero attached hydrogens (tertiary/aromatic N) is 4. The van der Waals surface area contributed by atoms with Gasteiger partial charge in [0.2, 0.25) is 5.95 Å². The minimum Gasteiger partial charge on any atom is -0.333 e. The van der Waals surface area contributed by atoms with Crippen LogP contribution in [0.15, 0.2) is 36.9 Å². The first-order chi connectivity index (χ1) is 9.33. The number of piperidine rings is 1. The Morgan fingerprint density at radius 3 is 2.63 bits per heavy atom. The van der Waals surface area contributed by atoms with Crippen LogP contribution in [0, 0.1) is 0 Å². The average molecular weight is 254 g/mol. The van der Waals surface area contributed by atoms with E-state index in [9.17, 15) is 4.79 Å². The molecular formula is C14H14N4O. The van der Waals surface area contributed by atoms with Gasteiger partial charge in [-0.05, 0) is 12.5 Å². The van der Waals surface area contributed by atoms with Gasteiger partial charge in [0.25, 0.3) is 0 Å². The van der Waals surface area contributed by atoms with Gasteiger partial charge in [0.15, 0.2) is 5.78 Å². The molecule has 2 aromatic rings. The second-order valence-corrected chi connectivity index (χ2v) is 4.58. The highest BCUT2D eigenvalue weighted by molar-refractivity contribution is 5.84. The van der Waals surface area contributed by atoms with Crippen molar-refractivity contribution in [2.24, 2.45) is 0 Å². The molecule has 1 aliphatic heterocycles. The maximum absolute atomic E-state index is 11.4. The van der Waals surface area contributed by atoms with E-state index in [0.717, 1.165) is 24.1 Å². The predicted octanol–water partition coefficient (Wildman–Crippen LogP) is 1.71. The molecule has 0 unspecified atom stereocenters. The van der Waals surface area contributed by atoms with Crippen molar-refractivity contribution in [1.82, 2.24) is 15.0 Å². The van der Waals surface area contributed by atoms with E-state index < -0.39 is 0 Å². The molecule has 1 fully saturated rings. The van der Waals surface area contributed by atoms with Crippen molar-refractivity contribution in [3.05, 3.63) is 36.9 Å². The van der Waals surface area contributed by atoms with Crippen LogP contribution in [0.4, 0.5) is 5.95 Å². The fourth-order valence-electron chi connectivity index (χ4n) is 2.18. The van der Waals surface area contributed by atoms with Crippen molar-refractivity contribution in [3.63, 3.8) is 0 Å². The molecule has 96 valence electrons. The van der Waals surface area contributed by atoms with E-state index in [1.54, 1.807) is 24.8 Å². The van der Waals surface area contributed by atoms with Crippen molar-refractivity contribution in [2.45, 2.75) is 12.8 Å². The van der Waals surface area contributed by atoms with Gasteiger partial charge in [-0.1, -0.05) is 6.07 Å². The molecule has 19 heavy (non-hydrogen) atoms. The lowest BCUT2D eigenvalue weighted by Gasteiger charge is -2.25. The lowest BCUT2D eigenvalue weighted by atomic mass is 10.1. The first-order valence-electron chi connectivity index (χ1n) is 6.32.